The third kappa shape index (κ3) is 4.87. The van der Waals surface area contributed by atoms with Gasteiger partial charge in [-0.05, 0) is 47.9 Å². The molecular formula is C19H25FN2O2S. The van der Waals surface area contributed by atoms with Gasteiger partial charge < -0.3 is 5.32 Å². The predicted molar refractivity (Wildman–Crippen MR) is 98.2 cm³/mol. The third-order valence-electron chi connectivity index (χ3n) is 4.22. The van der Waals surface area contributed by atoms with Crippen LogP contribution in [0.25, 0.3) is 0 Å². The SMILES string of the molecule is CCN(CC)S(=O)(=O)c1ccc(CNCc2ccc(F)cc2C)cc1. The molecule has 25 heavy (non-hydrogen) atoms. The van der Waals surface area contributed by atoms with Crippen molar-refractivity contribution in [3.8, 4) is 0 Å². The molecular weight excluding hydrogens is 339 g/mol. The van der Waals surface area contributed by atoms with Crippen LogP contribution < -0.4 is 5.32 Å². The van der Waals surface area contributed by atoms with E-state index in [4.69, 9.17) is 0 Å². The number of rotatable bonds is 8. The first-order valence-corrected chi connectivity index (χ1v) is 9.87. The number of nitrogens with one attached hydrogen (secondary N) is 1. The Labute approximate surface area is 149 Å². The van der Waals surface area contributed by atoms with E-state index in [0.29, 0.717) is 31.1 Å². The average Bonchev–Trinajstić information content (AvgIpc) is 2.58. The maximum Gasteiger partial charge on any atom is 0.243 e. The Morgan fingerprint density at radius 2 is 1.64 bits per heavy atom. The van der Waals surface area contributed by atoms with Gasteiger partial charge in [0.15, 0.2) is 0 Å². The zero-order chi connectivity index (χ0) is 18.4. The second-order valence-electron chi connectivity index (χ2n) is 5.91. The number of hydrogen-bond donors (Lipinski definition) is 1. The number of nitrogens with zero attached hydrogens (tertiary/aromatic N) is 1. The minimum atomic E-state index is -3.41. The van der Waals surface area contributed by atoms with Crippen LogP contribution in [0.3, 0.4) is 0 Å². The van der Waals surface area contributed by atoms with Gasteiger partial charge in [0.2, 0.25) is 10.0 Å². The van der Waals surface area contributed by atoms with Gasteiger partial charge in [0.1, 0.15) is 5.82 Å². The molecule has 2 rings (SSSR count). The van der Waals surface area contributed by atoms with E-state index in [1.165, 1.54) is 16.4 Å². The molecule has 0 aliphatic rings. The van der Waals surface area contributed by atoms with E-state index >= 15 is 0 Å². The molecule has 0 bridgehead atoms. The van der Waals surface area contributed by atoms with E-state index in [-0.39, 0.29) is 5.82 Å². The van der Waals surface area contributed by atoms with Gasteiger partial charge in [-0.2, -0.15) is 4.31 Å². The van der Waals surface area contributed by atoms with Crippen molar-refractivity contribution in [2.24, 2.45) is 0 Å². The molecule has 6 heteroatoms. The van der Waals surface area contributed by atoms with Crippen LogP contribution in [-0.2, 0) is 23.1 Å². The van der Waals surface area contributed by atoms with Gasteiger partial charge in [-0.15, -0.1) is 0 Å². The van der Waals surface area contributed by atoms with Crippen LogP contribution in [0.15, 0.2) is 47.4 Å². The second kappa shape index (κ2) is 8.56. The molecule has 0 aliphatic carbocycles. The van der Waals surface area contributed by atoms with Crippen molar-refractivity contribution in [1.82, 2.24) is 9.62 Å². The van der Waals surface area contributed by atoms with E-state index in [1.807, 2.05) is 32.9 Å². The van der Waals surface area contributed by atoms with Crippen LogP contribution in [-0.4, -0.2) is 25.8 Å². The number of benzene rings is 2. The van der Waals surface area contributed by atoms with Crippen molar-refractivity contribution >= 4 is 10.0 Å². The largest absolute Gasteiger partial charge is 0.309 e. The summed E-state index contributed by atoms with van der Waals surface area (Å²) >= 11 is 0. The first-order valence-electron chi connectivity index (χ1n) is 8.43. The number of halogens is 1. The van der Waals surface area contributed by atoms with Gasteiger partial charge in [0.05, 0.1) is 4.90 Å². The lowest BCUT2D eigenvalue weighted by Crippen LogP contribution is -2.30. The van der Waals surface area contributed by atoms with Crippen molar-refractivity contribution in [1.29, 1.82) is 0 Å². The Balaban J connectivity index is 1.99. The predicted octanol–water partition coefficient (Wildman–Crippen LogP) is 3.45. The number of sulfonamides is 1. The summed E-state index contributed by atoms with van der Waals surface area (Å²) in [5.41, 5.74) is 2.95. The van der Waals surface area contributed by atoms with Crippen molar-refractivity contribution in [3.63, 3.8) is 0 Å². The highest BCUT2D eigenvalue weighted by Crippen LogP contribution is 2.16. The quantitative estimate of drug-likeness (QED) is 0.780. The molecule has 0 spiro atoms. The molecule has 0 fully saturated rings. The lowest BCUT2D eigenvalue weighted by Gasteiger charge is -2.18. The molecule has 2 aromatic rings. The Hall–Kier alpha value is -1.76. The summed E-state index contributed by atoms with van der Waals surface area (Å²) in [6.07, 6.45) is 0. The lowest BCUT2D eigenvalue weighted by molar-refractivity contribution is 0.445. The smallest absolute Gasteiger partial charge is 0.243 e. The molecule has 0 saturated carbocycles. The topological polar surface area (TPSA) is 49.4 Å². The molecule has 0 unspecified atom stereocenters. The molecule has 0 aliphatic heterocycles. The normalized spacial score (nSPS) is 11.9. The van der Waals surface area contributed by atoms with Crippen molar-refractivity contribution in [2.75, 3.05) is 13.1 Å². The maximum atomic E-state index is 13.1. The van der Waals surface area contributed by atoms with Gasteiger partial charge in [0, 0.05) is 26.2 Å². The highest BCUT2D eigenvalue weighted by atomic mass is 32.2. The van der Waals surface area contributed by atoms with Gasteiger partial charge in [-0.3, -0.25) is 0 Å². The van der Waals surface area contributed by atoms with Crippen molar-refractivity contribution in [3.05, 3.63) is 65.0 Å². The minimum absolute atomic E-state index is 0.230. The molecule has 0 heterocycles. The molecule has 2 aromatic carbocycles. The van der Waals surface area contributed by atoms with E-state index < -0.39 is 10.0 Å². The summed E-state index contributed by atoms with van der Waals surface area (Å²) in [4.78, 5) is 0.314. The molecule has 136 valence electrons. The molecule has 0 radical (unpaired) electrons. The van der Waals surface area contributed by atoms with Crippen molar-refractivity contribution in [2.45, 2.75) is 38.8 Å². The second-order valence-corrected chi connectivity index (χ2v) is 7.85. The molecule has 0 saturated heterocycles. The fourth-order valence-electron chi connectivity index (χ4n) is 2.69. The van der Waals surface area contributed by atoms with Gasteiger partial charge >= 0.3 is 0 Å². The van der Waals surface area contributed by atoms with E-state index in [2.05, 4.69) is 5.32 Å². The van der Waals surface area contributed by atoms with Crippen LogP contribution in [0, 0.1) is 12.7 Å². The summed E-state index contributed by atoms with van der Waals surface area (Å²) in [5, 5.41) is 3.30. The molecule has 0 atom stereocenters. The highest BCUT2D eigenvalue weighted by Gasteiger charge is 2.20. The maximum absolute atomic E-state index is 13.1. The summed E-state index contributed by atoms with van der Waals surface area (Å²) in [7, 11) is -3.41. The summed E-state index contributed by atoms with van der Waals surface area (Å²) in [6, 6.07) is 11.7. The van der Waals surface area contributed by atoms with Crippen LogP contribution in [0.2, 0.25) is 0 Å². The first-order chi connectivity index (χ1) is 11.9. The third-order valence-corrected chi connectivity index (χ3v) is 6.28. The molecule has 1 N–H and O–H groups in total. The van der Waals surface area contributed by atoms with E-state index in [1.54, 1.807) is 18.2 Å². The summed E-state index contributed by atoms with van der Waals surface area (Å²) in [5.74, 6) is -0.230. The van der Waals surface area contributed by atoms with Crippen molar-refractivity contribution < 1.29 is 12.8 Å². The monoisotopic (exact) mass is 364 g/mol. The Morgan fingerprint density at radius 1 is 1.00 bits per heavy atom. The fourth-order valence-corrected chi connectivity index (χ4v) is 4.15. The number of aryl methyl sites for hydroxylation is 1. The van der Waals surface area contributed by atoms with Crippen LogP contribution >= 0.6 is 0 Å². The van der Waals surface area contributed by atoms with Crippen LogP contribution in [0.5, 0.6) is 0 Å². The summed E-state index contributed by atoms with van der Waals surface area (Å²) in [6.45, 7) is 7.70. The molecule has 4 nitrogen and oxygen atoms in total. The van der Waals surface area contributed by atoms with E-state index in [9.17, 15) is 12.8 Å². The lowest BCUT2D eigenvalue weighted by atomic mass is 10.1. The zero-order valence-electron chi connectivity index (χ0n) is 14.9. The Kier molecular flexibility index (Phi) is 6.70. The Bertz CT molecular complexity index is 801. The molecule has 0 aromatic heterocycles. The first kappa shape index (κ1) is 19.6. The van der Waals surface area contributed by atoms with Gasteiger partial charge in [-0.1, -0.05) is 32.0 Å². The standard InChI is InChI=1S/C19H25FN2O2S/c1-4-22(5-2)25(23,24)19-10-6-16(7-11-19)13-21-14-17-8-9-18(20)12-15(17)3/h6-12,21H,4-5,13-14H2,1-3H3. The number of hydrogen-bond acceptors (Lipinski definition) is 3. The highest BCUT2D eigenvalue weighted by molar-refractivity contribution is 7.89. The van der Waals surface area contributed by atoms with Crippen LogP contribution in [0.4, 0.5) is 4.39 Å². The zero-order valence-corrected chi connectivity index (χ0v) is 15.7. The average molecular weight is 364 g/mol. The van der Waals surface area contributed by atoms with Crippen LogP contribution in [0.1, 0.15) is 30.5 Å². The minimum Gasteiger partial charge on any atom is -0.309 e. The summed E-state index contributed by atoms with van der Waals surface area (Å²) < 4.78 is 39.4. The Morgan fingerprint density at radius 3 is 2.20 bits per heavy atom. The molecule has 0 amide bonds. The van der Waals surface area contributed by atoms with Gasteiger partial charge in [0.25, 0.3) is 0 Å². The van der Waals surface area contributed by atoms with E-state index in [0.717, 1.165) is 16.7 Å². The van der Waals surface area contributed by atoms with Gasteiger partial charge in [-0.25, -0.2) is 12.8 Å². The fraction of sp³-hybridized carbons (Fsp3) is 0.368.